The minimum atomic E-state index is -4.55. The van der Waals surface area contributed by atoms with E-state index in [4.69, 9.17) is 14.7 Å². The summed E-state index contributed by atoms with van der Waals surface area (Å²) in [4.78, 5) is 24.3. The Kier molecular flexibility index (Phi) is 4.76. The van der Waals surface area contributed by atoms with Crippen LogP contribution in [0.4, 0.5) is 5.82 Å². The average molecular weight is 490 g/mol. The van der Waals surface area contributed by atoms with Gasteiger partial charge in [-0.2, -0.15) is 8.42 Å². The van der Waals surface area contributed by atoms with Crippen LogP contribution in [0, 0.1) is 5.41 Å². The van der Waals surface area contributed by atoms with Gasteiger partial charge in [-0.1, -0.05) is 32.0 Å². The average Bonchev–Trinajstić information content (AvgIpc) is 3.15. The molecule has 3 aromatic rings. The molecule has 14 heteroatoms. The maximum atomic E-state index is 12.4. The number of hydrogen-bond donors (Lipinski definition) is 4. The van der Waals surface area contributed by atoms with Crippen molar-refractivity contribution in [2.75, 3.05) is 12.3 Å². The Labute approximate surface area is 193 Å². The highest BCUT2D eigenvalue weighted by atomic mass is 32.2. The molecule has 0 spiro atoms. The van der Waals surface area contributed by atoms with E-state index in [1.165, 1.54) is 29.4 Å². The Hall–Kier alpha value is -3.17. The van der Waals surface area contributed by atoms with E-state index in [-0.39, 0.29) is 22.5 Å². The summed E-state index contributed by atoms with van der Waals surface area (Å²) in [6.45, 7) is 2.56. The smallest absolute Gasteiger partial charge is 0.362 e. The van der Waals surface area contributed by atoms with Gasteiger partial charge in [-0.25, -0.2) is 19.7 Å². The second kappa shape index (κ2) is 7.16. The second-order valence-corrected chi connectivity index (χ2v) is 10.1. The van der Waals surface area contributed by atoms with Crippen LogP contribution in [-0.2, 0) is 19.2 Å². The summed E-state index contributed by atoms with van der Waals surface area (Å²) in [6, 6.07) is 7.73. The van der Waals surface area contributed by atoms with Crippen molar-refractivity contribution in [3.63, 3.8) is 0 Å². The molecular formula is C20H22N6O7S. The summed E-state index contributed by atoms with van der Waals surface area (Å²) in [5.41, 5.74) is 1.70. The molecule has 0 bridgehead atoms. The molecule has 2 aromatic heterocycles. The predicted octanol–water partition coefficient (Wildman–Crippen LogP) is -0.501. The van der Waals surface area contributed by atoms with Gasteiger partial charge >= 0.3 is 10.3 Å². The molecule has 0 radical (unpaired) electrons. The first kappa shape index (κ1) is 22.6. The molecule has 2 aliphatic rings. The fourth-order valence-electron chi connectivity index (χ4n) is 4.81. The van der Waals surface area contributed by atoms with Gasteiger partial charge in [-0.05, 0) is 12.1 Å². The van der Waals surface area contributed by atoms with Crippen molar-refractivity contribution in [1.29, 1.82) is 0 Å². The summed E-state index contributed by atoms with van der Waals surface area (Å²) in [7, 11) is -4.55. The van der Waals surface area contributed by atoms with Gasteiger partial charge in [0.1, 0.15) is 29.2 Å². The number of nitrogens with zero attached hydrogens (tertiary/aromatic N) is 4. The third kappa shape index (κ3) is 2.89. The maximum absolute atomic E-state index is 12.4. The normalized spacial score (nSPS) is 29.6. The molecule has 2 fully saturated rings. The molecule has 4 atom stereocenters. The van der Waals surface area contributed by atoms with Gasteiger partial charge in [0.2, 0.25) is 0 Å². The van der Waals surface area contributed by atoms with E-state index in [0.717, 1.165) is 0 Å². The van der Waals surface area contributed by atoms with Crippen molar-refractivity contribution in [3.8, 4) is 0 Å². The lowest BCUT2D eigenvalue weighted by atomic mass is 10.0. The summed E-state index contributed by atoms with van der Waals surface area (Å²) < 4.78 is 38.7. The first-order valence-electron chi connectivity index (χ1n) is 10.2. The highest BCUT2D eigenvalue weighted by Gasteiger charge is 2.92. The van der Waals surface area contributed by atoms with Crippen LogP contribution in [0.2, 0.25) is 0 Å². The van der Waals surface area contributed by atoms with Gasteiger partial charge in [-0.3, -0.25) is 13.5 Å². The number of nitrogen functional groups attached to an aromatic ring is 1. The number of imidazole rings is 1. The van der Waals surface area contributed by atoms with E-state index >= 15 is 0 Å². The standard InChI is InChI=1S/C20H22N6O7S/c1-18(2)19(28)12(8-32-34(30,31)25-16(27)11-6-4-3-5-7-11)33-17(20(18,19)29)26-10-24-13-14(21)22-9-23-15(13)26/h3-7,9-10,12,17,28-29H,8H2,1-2H3,(H,25,27)(H2,21,22,23)/t12-,17-,19+,20-/m1/s1. The molecule has 1 amide bonds. The van der Waals surface area contributed by atoms with Gasteiger partial charge in [0.25, 0.3) is 5.91 Å². The van der Waals surface area contributed by atoms with Crippen LogP contribution in [0.25, 0.3) is 11.2 Å². The molecule has 0 unspecified atom stereocenters. The topological polar surface area (TPSA) is 192 Å². The summed E-state index contributed by atoms with van der Waals surface area (Å²) in [5.74, 6) is -0.755. The highest BCUT2D eigenvalue weighted by Crippen LogP contribution is 2.75. The first-order valence-corrected chi connectivity index (χ1v) is 11.6. The van der Waals surface area contributed by atoms with Crippen LogP contribution in [-0.4, -0.2) is 68.0 Å². The predicted molar refractivity (Wildman–Crippen MR) is 116 cm³/mol. The molecule has 1 aliphatic carbocycles. The zero-order chi connectivity index (χ0) is 24.5. The maximum Gasteiger partial charge on any atom is 0.362 e. The number of fused-ring (bicyclic) bond motifs is 2. The van der Waals surface area contributed by atoms with Crippen LogP contribution in [0.3, 0.4) is 0 Å². The zero-order valence-corrected chi connectivity index (χ0v) is 18.9. The number of aromatic nitrogens is 4. The number of nitrogens with two attached hydrogens (primary N) is 1. The summed E-state index contributed by atoms with van der Waals surface area (Å²) in [6.07, 6.45) is 0.120. The number of carbonyl (C=O) groups excluding carboxylic acids is 1. The number of benzene rings is 1. The number of anilines is 1. The summed E-state index contributed by atoms with van der Waals surface area (Å²) in [5, 5.41) is 22.8. The van der Waals surface area contributed by atoms with Crippen molar-refractivity contribution in [3.05, 3.63) is 48.5 Å². The van der Waals surface area contributed by atoms with Gasteiger partial charge < -0.3 is 20.7 Å². The van der Waals surface area contributed by atoms with E-state index in [1.807, 2.05) is 0 Å². The third-order valence-electron chi connectivity index (χ3n) is 6.81. The third-order valence-corrected chi connectivity index (χ3v) is 7.69. The van der Waals surface area contributed by atoms with Gasteiger partial charge in [0, 0.05) is 11.0 Å². The number of carbonyl (C=O) groups is 1. The minimum Gasteiger partial charge on any atom is -0.383 e. The van der Waals surface area contributed by atoms with Crippen molar-refractivity contribution < 1.29 is 32.3 Å². The SMILES string of the molecule is CC1(C)[C@]2(O)[C@H](n3cnc4c(N)ncnc43)O[C@H](COS(=O)(=O)NC(=O)c3ccccc3)[C@]12O. The minimum absolute atomic E-state index is 0.122. The molecular weight excluding hydrogens is 468 g/mol. The van der Waals surface area contributed by atoms with Crippen LogP contribution < -0.4 is 10.5 Å². The second-order valence-electron chi connectivity index (χ2n) is 8.75. The fraction of sp³-hybridized carbons (Fsp3) is 0.400. The Bertz CT molecular complexity index is 1390. The van der Waals surface area contributed by atoms with Crippen molar-refractivity contribution in [1.82, 2.24) is 24.2 Å². The molecule has 1 saturated heterocycles. The molecule has 34 heavy (non-hydrogen) atoms. The molecule has 1 aromatic carbocycles. The van der Waals surface area contributed by atoms with Crippen LogP contribution >= 0.6 is 0 Å². The van der Waals surface area contributed by atoms with Crippen molar-refractivity contribution >= 4 is 33.2 Å². The Balaban J connectivity index is 1.38. The highest BCUT2D eigenvalue weighted by molar-refractivity contribution is 7.85. The van der Waals surface area contributed by atoms with Crippen LogP contribution in [0.15, 0.2) is 43.0 Å². The van der Waals surface area contributed by atoms with E-state index in [1.54, 1.807) is 36.8 Å². The van der Waals surface area contributed by atoms with Crippen molar-refractivity contribution in [2.24, 2.45) is 5.41 Å². The fourth-order valence-corrected chi connectivity index (χ4v) is 5.51. The van der Waals surface area contributed by atoms with E-state index in [9.17, 15) is 23.4 Å². The molecule has 3 heterocycles. The molecule has 13 nitrogen and oxygen atoms in total. The summed E-state index contributed by atoms with van der Waals surface area (Å²) >= 11 is 0. The monoisotopic (exact) mass is 490 g/mol. The Morgan fingerprint density at radius 2 is 1.91 bits per heavy atom. The van der Waals surface area contributed by atoms with Gasteiger partial charge in [0.15, 0.2) is 17.7 Å². The largest absolute Gasteiger partial charge is 0.383 e. The molecule has 5 N–H and O–H groups in total. The Morgan fingerprint density at radius 1 is 1.21 bits per heavy atom. The number of hydrogen-bond acceptors (Lipinski definition) is 11. The molecule has 1 saturated carbocycles. The van der Waals surface area contributed by atoms with Gasteiger partial charge in [-0.15, -0.1) is 0 Å². The zero-order valence-electron chi connectivity index (χ0n) is 18.1. The lowest BCUT2D eigenvalue weighted by Crippen LogP contribution is -2.40. The number of nitrogens with one attached hydrogen (secondary N) is 1. The number of rotatable bonds is 6. The molecule has 5 rings (SSSR count). The van der Waals surface area contributed by atoms with Gasteiger partial charge in [0.05, 0.1) is 12.9 Å². The lowest BCUT2D eigenvalue weighted by Gasteiger charge is -2.27. The first-order chi connectivity index (χ1) is 15.9. The number of ether oxygens (including phenoxy) is 1. The van der Waals surface area contributed by atoms with E-state index in [0.29, 0.717) is 0 Å². The number of amides is 1. The van der Waals surface area contributed by atoms with Crippen LogP contribution in [0.1, 0.15) is 30.4 Å². The quantitative estimate of drug-likeness (QED) is 0.348. The Morgan fingerprint density at radius 3 is 2.62 bits per heavy atom. The lowest BCUT2D eigenvalue weighted by molar-refractivity contribution is -0.120. The van der Waals surface area contributed by atoms with Crippen molar-refractivity contribution in [2.45, 2.75) is 37.4 Å². The molecule has 1 aliphatic heterocycles. The van der Waals surface area contributed by atoms with E-state index in [2.05, 4.69) is 15.0 Å². The number of aliphatic hydroxyl groups is 2. The molecule has 180 valence electrons. The van der Waals surface area contributed by atoms with Crippen LogP contribution in [0.5, 0.6) is 0 Å². The van der Waals surface area contributed by atoms with E-state index < -0.39 is 51.8 Å².